The molecular weight excluding hydrogens is 228 g/mol. The van der Waals surface area contributed by atoms with E-state index in [0.717, 1.165) is 0 Å². The summed E-state index contributed by atoms with van der Waals surface area (Å²) in [6.07, 6.45) is 0.343. The topological polar surface area (TPSA) is 105 Å². The molecule has 0 spiro atoms. The molecule has 0 radical (unpaired) electrons. The first-order valence-corrected chi connectivity index (χ1v) is 5.23. The number of carbonyl (C=O) groups excluding carboxylic acids is 2. The quantitative estimate of drug-likeness (QED) is 0.482. The summed E-state index contributed by atoms with van der Waals surface area (Å²) in [5, 5.41) is 13.4. The van der Waals surface area contributed by atoms with Crippen LogP contribution in [0.4, 0.5) is 0 Å². The maximum absolute atomic E-state index is 11.6. The van der Waals surface area contributed by atoms with Crippen molar-refractivity contribution < 1.29 is 24.2 Å². The van der Waals surface area contributed by atoms with Crippen molar-refractivity contribution in [2.24, 2.45) is 0 Å². The van der Waals surface area contributed by atoms with Crippen LogP contribution in [0.25, 0.3) is 0 Å². The van der Waals surface area contributed by atoms with E-state index in [9.17, 15) is 14.4 Å². The average molecular weight is 246 g/mol. The molecule has 0 bridgehead atoms. The van der Waals surface area contributed by atoms with E-state index in [1.165, 1.54) is 14.0 Å². The van der Waals surface area contributed by atoms with E-state index in [0.29, 0.717) is 6.42 Å². The minimum atomic E-state index is -0.908. The van der Waals surface area contributed by atoms with Crippen molar-refractivity contribution >= 4 is 17.8 Å². The molecule has 98 valence electrons. The molecule has 7 heteroatoms. The van der Waals surface area contributed by atoms with Gasteiger partial charge in [-0.05, 0) is 6.42 Å². The largest absolute Gasteiger partial charge is 0.481 e. The van der Waals surface area contributed by atoms with Crippen molar-refractivity contribution in [2.45, 2.75) is 25.8 Å². The van der Waals surface area contributed by atoms with Gasteiger partial charge in [0, 0.05) is 27.0 Å². The second-order valence-electron chi connectivity index (χ2n) is 3.50. The van der Waals surface area contributed by atoms with Gasteiger partial charge in [-0.3, -0.25) is 14.4 Å². The number of ether oxygens (including phenoxy) is 1. The van der Waals surface area contributed by atoms with Gasteiger partial charge in [0.1, 0.15) is 6.04 Å². The summed E-state index contributed by atoms with van der Waals surface area (Å²) in [6, 6.07) is -0.748. The van der Waals surface area contributed by atoms with Crippen molar-refractivity contribution in [3.8, 4) is 0 Å². The maximum Gasteiger partial charge on any atom is 0.303 e. The average Bonchev–Trinajstić information content (AvgIpc) is 2.22. The third-order valence-corrected chi connectivity index (χ3v) is 1.89. The molecule has 0 rings (SSSR count). The second kappa shape index (κ2) is 8.51. The number of carboxylic acid groups (broad SMARTS) is 1. The Balaban J connectivity index is 3.96. The van der Waals surface area contributed by atoms with E-state index in [-0.39, 0.29) is 31.4 Å². The van der Waals surface area contributed by atoms with Crippen LogP contribution in [0.5, 0.6) is 0 Å². The minimum absolute atomic E-state index is 0.00460. The van der Waals surface area contributed by atoms with Crippen molar-refractivity contribution in [2.75, 3.05) is 20.3 Å². The van der Waals surface area contributed by atoms with Gasteiger partial charge < -0.3 is 20.5 Å². The van der Waals surface area contributed by atoms with Crippen LogP contribution in [0.2, 0.25) is 0 Å². The highest BCUT2D eigenvalue weighted by Gasteiger charge is 2.18. The number of carboxylic acids is 1. The lowest BCUT2D eigenvalue weighted by molar-refractivity contribution is -0.137. The minimum Gasteiger partial charge on any atom is -0.481 e. The molecule has 0 aliphatic carbocycles. The Bertz CT molecular complexity index is 280. The summed E-state index contributed by atoms with van der Waals surface area (Å²) < 4.78 is 4.80. The molecule has 0 aromatic carbocycles. The number of nitrogens with one attached hydrogen (secondary N) is 2. The normalized spacial score (nSPS) is 11.6. The molecule has 7 nitrogen and oxygen atoms in total. The van der Waals surface area contributed by atoms with Crippen LogP contribution in [0.1, 0.15) is 19.8 Å². The zero-order chi connectivity index (χ0) is 13.3. The van der Waals surface area contributed by atoms with Gasteiger partial charge in [-0.25, -0.2) is 0 Å². The van der Waals surface area contributed by atoms with E-state index < -0.39 is 12.0 Å². The van der Waals surface area contributed by atoms with Gasteiger partial charge in [0.25, 0.3) is 0 Å². The molecule has 0 aliphatic rings. The van der Waals surface area contributed by atoms with Gasteiger partial charge in [0.05, 0.1) is 6.61 Å². The number of aliphatic carboxylic acids is 1. The second-order valence-corrected chi connectivity index (χ2v) is 3.50. The van der Waals surface area contributed by atoms with Gasteiger partial charge in [-0.1, -0.05) is 0 Å². The predicted octanol–water partition coefficient (Wildman–Crippen LogP) is -0.881. The van der Waals surface area contributed by atoms with Crippen LogP contribution < -0.4 is 10.6 Å². The van der Waals surface area contributed by atoms with E-state index in [4.69, 9.17) is 9.84 Å². The van der Waals surface area contributed by atoms with E-state index >= 15 is 0 Å². The van der Waals surface area contributed by atoms with Crippen LogP contribution in [0, 0.1) is 0 Å². The van der Waals surface area contributed by atoms with Gasteiger partial charge in [-0.2, -0.15) is 0 Å². The molecule has 0 heterocycles. The lowest BCUT2D eigenvalue weighted by atomic mass is 10.2. The van der Waals surface area contributed by atoms with Crippen LogP contribution in [-0.2, 0) is 19.1 Å². The Labute approximate surface area is 99.5 Å². The molecule has 2 amide bonds. The molecule has 1 atom stereocenters. The van der Waals surface area contributed by atoms with Crippen LogP contribution in [0.15, 0.2) is 0 Å². The van der Waals surface area contributed by atoms with Crippen molar-refractivity contribution in [3.05, 3.63) is 0 Å². The number of amides is 2. The highest BCUT2D eigenvalue weighted by Crippen LogP contribution is 1.89. The standard InChI is InChI=1S/C10H18N2O5/c1-7(13)12-8(6-17-2)10(16)11-5-3-4-9(14)15/h8H,3-6H2,1-2H3,(H,11,16)(H,12,13)(H,14,15). The lowest BCUT2D eigenvalue weighted by Gasteiger charge is -2.16. The molecule has 0 saturated heterocycles. The van der Waals surface area contributed by atoms with E-state index in [1.807, 2.05) is 0 Å². The molecule has 0 saturated carbocycles. The molecule has 0 aliphatic heterocycles. The zero-order valence-corrected chi connectivity index (χ0v) is 9.99. The SMILES string of the molecule is COCC(NC(C)=O)C(=O)NCCCC(=O)O. The summed E-state index contributed by atoms with van der Waals surface area (Å²) in [5.74, 6) is -1.62. The number of rotatable bonds is 8. The van der Waals surface area contributed by atoms with Crippen molar-refractivity contribution in [3.63, 3.8) is 0 Å². The number of methoxy groups -OCH3 is 1. The molecule has 1 unspecified atom stereocenters. The fourth-order valence-corrected chi connectivity index (χ4v) is 1.17. The molecule has 0 aromatic heterocycles. The van der Waals surface area contributed by atoms with Gasteiger partial charge in [0.2, 0.25) is 11.8 Å². The Kier molecular flexibility index (Phi) is 7.70. The lowest BCUT2D eigenvalue weighted by Crippen LogP contribution is -2.48. The van der Waals surface area contributed by atoms with Crippen LogP contribution in [0.3, 0.4) is 0 Å². The molecule has 0 aromatic rings. The Morgan fingerprint density at radius 2 is 2.00 bits per heavy atom. The molecule has 3 N–H and O–H groups in total. The number of hydrogen-bond acceptors (Lipinski definition) is 4. The smallest absolute Gasteiger partial charge is 0.303 e. The molecule has 0 fully saturated rings. The van der Waals surface area contributed by atoms with Gasteiger partial charge in [-0.15, -0.1) is 0 Å². The maximum atomic E-state index is 11.6. The fourth-order valence-electron chi connectivity index (χ4n) is 1.17. The summed E-state index contributed by atoms with van der Waals surface area (Å²) in [6.45, 7) is 1.63. The predicted molar refractivity (Wildman–Crippen MR) is 59.4 cm³/mol. The number of carbonyl (C=O) groups is 3. The monoisotopic (exact) mass is 246 g/mol. The zero-order valence-electron chi connectivity index (χ0n) is 9.99. The summed E-state index contributed by atoms with van der Waals surface area (Å²) >= 11 is 0. The molecule has 17 heavy (non-hydrogen) atoms. The number of hydrogen-bond donors (Lipinski definition) is 3. The molecular formula is C10H18N2O5. The first-order valence-electron chi connectivity index (χ1n) is 5.23. The highest BCUT2D eigenvalue weighted by molar-refractivity contribution is 5.86. The Morgan fingerprint density at radius 1 is 1.35 bits per heavy atom. The van der Waals surface area contributed by atoms with Crippen LogP contribution >= 0.6 is 0 Å². The highest BCUT2D eigenvalue weighted by atomic mass is 16.5. The van der Waals surface area contributed by atoms with Gasteiger partial charge >= 0.3 is 5.97 Å². The fraction of sp³-hybridized carbons (Fsp3) is 0.700. The summed E-state index contributed by atoms with van der Waals surface area (Å²) in [7, 11) is 1.42. The first kappa shape index (κ1) is 15.4. The van der Waals surface area contributed by atoms with Crippen molar-refractivity contribution in [1.29, 1.82) is 0 Å². The Hall–Kier alpha value is -1.63. The Morgan fingerprint density at radius 3 is 2.47 bits per heavy atom. The van der Waals surface area contributed by atoms with Crippen LogP contribution in [-0.4, -0.2) is 49.2 Å². The van der Waals surface area contributed by atoms with Gasteiger partial charge in [0.15, 0.2) is 0 Å². The van der Waals surface area contributed by atoms with E-state index in [2.05, 4.69) is 10.6 Å². The summed E-state index contributed by atoms with van der Waals surface area (Å²) in [4.78, 5) is 32.6. The van der Waals surface area contributed by atoms with E-state index in [1.54, 1.807) is 0 Å². The summed E-state index contributed by atoms with van der Waals surface area (Å²) in [5.41, 5.74) is 0. The van der Waals surface area contributed by atoms with Crippen molar-refractivity contribution in [1.82, 2.24) is 10.6 Å². The third kappa shape index (κ3) is 8.21. The third-order valence-electron chi connectivity index (χ3n) is 1.89. The first-order chi connectivity index (χ1) is 7.97.